The molecule has 2 N–H and O–H groups in total. The minimum atomic E-state index is -4.47. The number of alkyl halides is 3. The van der Waals surface area contributed by atoms with Gasteiger partial charge in [-0.15, -0.1) is 12.4 Å². The van der Waals surface area contributed by atoms with Crippen LogP contribution >= 0.6 is 35.6 Å². The zero-order chi connectivity index (χ0) is 21.2. The SMILES string of the molecule is CCCCNCCC(O)c1cc2c(Cl)cc(Cl)cc2c2cc(C(F)(F)F)ccc12.Cl. The highest BCUT2D eigenvalue weighted by atomic mass is 35.5. The summed E-state index contributed by atoms with van der Waals surface area (Å²) in [6, 6.07) is 8.45. The Balaban J connectivity index is 0.00000320. The van der Waals surface area contributed by atoms with Crippen molar-refractivity contribution in [3.8, 4) is 0 Å². The van der Waals surface area contributed by atoms with Crippen LogP contribution in [0.1, 0.15) is 43.4 Å². The molecule has 30 heavy (non-hydrogen) atoms. The Morgan fingerprint density at radius 2 is 1.67 bits per heavy atom. The maximum Gasteiger partial charge on any atom is 0.416 e. The summed E-state index contributed by atoms with van der Waals surface area (Å²) in [5.74, 6) is 0. The smallest absolute Gasteiger partial charge is 0.388 e. The first-order valence-corrected chi connectivity index (χ1v) is 10.3. The Labute approximate surface area is 189 Å². The molecule has 0 spiro atoms. The van der Waals surface area contributed by atoms with Crippen LogP contribution in [0.4, 0.5) is 13.2 Å². The maximum absolute atomic E-state index is 13.3. The molecule has 2 nitrogen and oxygen atoms in total. The molecule has 0 aliphatic heterocycles. The van der Waals surface area contributed by atoms with E-state index in [1.54, 1.807) is 18.2 Å². The fourth-order valence-corrected chi connectivity index (χ4v) is 4.03. The summed E-state index contributed by atoms with van der Waals surface area (Å²) in [6.07, 6.45) is -2.74. The van der Waals surface area contributed by atoms with Crippen LogP contribution in [0.2, 0.25) is 10.0 Å². The second-order valence-corrected chi connectivity index (χ2v) is 7.96. The van der Waals surface area contributed by atoms with Crippen molar-refractivity contribution in [1.82, 2.24) is 5.32 Å². The third-order valence-electron chi connectivity index (χ3n) is 5.00. The summed E-state index contributed by atoms with van der Waals surface area (Å²) in [4.78, 5) is 0. The third-order valence-corrected chi connectivity index (χ3v) is 5.53. The van der Waals surface area contributed by atoms with E-state index in [0.29, 0.717) is 50.1 Å². The maximum atomic E-state index is 13.3. The molecule has 0 aliphatic rings. The van der Waals surface area contributed by atoms with Gasteiger partial charge in [-0.1, -0.05) is 42.6 Å². The minimum Gasteiger partial charge on any atom is -0.388 e. The van der Waals surface area contributed by atoms with Gasteiger partial charge in [-0.25, -0.2) is 0 Å². The lowest BCUT2D eigenvalue weighted by Crippen LogP contribution is -2.18. The van der Waals surface area contributed by atoms with Gasteiger partial charge in [0.15, 0.2) is 0 Å². The van der Waals surface area contributed by atoms with Gasteiger partial charge >= 0.3 is 6.18 Å². The molecular formula is C22H23Cl3F3NO. The van der Waals surface area contributed by atoms with E-state index in [2.05, 4.69) is 12.2 Å². The third kappa shape index (κ3) is 5.51. The number of nitrogens with one attached hydrogen (secondary N) is 1. The van der Waals surface area contributed by atoms with Crippen LogP contribution in [0, 0.1) is 0 Å². The highest BCUT2D eigenvalue weighted by molar-refractivity contribution is 6.39. The summed E-state index contributed by atoms with van der Waals surface area (Å²) < 4.78 is 39.9. The zero-order valence-electron chi connectivity index (χ0n) is 16.3. The van der Waals surface area contributed by atoms with Gasteiger partial charge < -0.3 is 10.4 Å². The van der Waals surface area contributed by atoms with Crippen LogP contribution < -0.4 is 5.32 Å². The van der Waals surface area contributed by atoms with E-state index in [4.69, 9.17) is 23.2 Å². The number of hydrogen-bond acceptors (Lipinski definition) is 2. The van der Waals surface area contributed by atoms with E-state index < -0.39 is 17.8 Å². The van der Waals surface area contributed by atoms with Crippen LogP contribution in [-0.4, -0.2) is 18.2 Å². The van der Waals surface area contributed by atoms with Gasteiger partial charge in [0.2, 0.25) is 0 Å². The van der Waals surface area contributed by atoms with E-state index in [1.807, 2.05) is 0 Å². The van der Waals surface area contributed by atoms with Gasteiger partial charge in [-0.2, -0.15) is 13.2 Å². The van der Waals surface area contributed by atoms with E-state index in [0.717, 1.165) is 31.5 Å². The topological polar surface area (TPSA) is 32.3 Å². The molecule has 0 saturated carbocycles. The average Bonchev–Trinajstić information content (AvgIpc) is 2.66. The molecule has 3 aromatic carbocycles. The Morgan fingerprint density at radius 3 is 2.33 bits per heavy atom. The second-order valence-electron chi connectivity index (χ2n) is 7.11. The quantitative estimate of drug-likeness (QED) is 0.270. The lowest BCUT2D eigenvalue weighted by molar-refractivity contribution is -0.137. The Bertz CT molecular complexity index is 1020. The fourth-order valence-electron chi connectivity index (χ4n) is 3.48. The van der Waals surface area contributed by atoms with Gasteiger partial charge in [0.25, 0.3) is 0 Å². The van der Waals surface area contributed by atoms with Crippen molar-refractivity contribution in [3.63, 3.8) is 0 Å². The van der Waals surface area contributed by atoms with Gasteiger partial charge in [0.1, 0.15) is 0 Å². The van der Waals surface area contributed by atoms with Crippen molar-refractivity contribution in [2.75, 3.05) is 13.1 Å². The largest absolute Gasteiger partial charge is 0.416 e. The monoisotopic (exact) mass is 479 g/mol. The molecule has 3 aromatic rings. The molecule has 0 fully saturated rings. The van der Waals surface area contributed by atoms with Gasteiger partial charge in [0.05, 0.1) is 11.7 Å². The van der Waals surface area contributed by atoms with E-state index in [-0.39, 0.29) is 12.4 Å². The van der Waals surface area contributed by atoms with Crippen LogP contribution in [0.25, 0.3) is 21.5 Å². The number of benzene rings is 3. The van der Waals surface area contributed by atoms with Gasteiger partial charge in [-0.05, 0) is 78.0 Å². The molecule has 8 heteroatoms. The molecule has 1 unspecified atom stereocenters. The number of hydrogen-bond donors (Lipinski definition) is 2. The minimum absolute atomic E-state index is 0. The van der Waals surface area contributed by atoms with Crippen molar-refractivity contribution in [2.45, 2.75) is 38.5 Å². The predicted octanol–water partition coefficient (Wildman–Crippen LogP) is 7.55. The van der Waals surface area contributed by atoms with Crippen LogP contribution in [-0.2, 0) is 6.18 Å². The summed E-state index contributed by atoms with van der Waals surface area (Å²) in [5.41, 5.74) is -0.196. The summed E-state index contributed by atoms with van der Waals surface area (Å²) >= 11 is 12.4. The van der Waals surface area contributed by atoms with Crippen molar-refractivity contribution >= 4 is 57.2 Å². The summed E-state index contributed by atoms with van der Waals surface area (Å²) in [7, 11) is 0. The number of halogens is 6. The van der Waals surface area contributed by atoms with Crippen LogP contribution in [0.15, 0.2) is 36.4 Å². The number of rotatable bonds is 7. The molecule has 164 valence electrons. The molecule has 0 saturated heterocycles. The van der Waals surface area contributed by atoms with Crippen molar-refractivity contribution in [1.29, 1.82) is 0 Å². The number of unbranched alkanes of at least 4 members (excludes halogenated alkanes) is 1. The standard InChI is InChI=1S/C22H22Cl2F3NO.ClH/c1-2-3-7-28-8-6-21(29)19-12-18-17(10-14(23)11-20(18)24)16-9-13(22(25,26)27)4-5-15(16)19;/h4-5,9-12,21,28-29H,2-3,6-8H2,1H3;1H. The number of aliphatic hydroxyl groups excluding tert-OH is 1. The Kier molecular flexibility index (Phi) is 8.66. The first kappa shape index (κ1) is 25.0. The lowest BCUT2D eigenvalue weighted by Gasteiger charge is -2.18. The van der Waals surface area contributed by atoms with Crippen molar-refractivity contribution in [2.24, 2.45) is 0 Å². The second kappa shape index (κ2) is 10.4. The normalized spacial score (nSPS) is 12.9. The molecule has 0 aliphatic carbocycles. The zero-order valence-corrected chi connectivity index (χ0v) is 18.7. The molecule has 1 atom stereocenters. The van der Waals surface area contributed by atoms with Crippen molar-refractivity contribution < 1.29 is 18.3 Å². The van der Waals surface area contributed by atoms with E-state index in [1.165, 1.54) is 6.07 Å². The highest BCUT2D eigenvalue weighted by Gasteiger charge is 2.31. The first-order chi connectivity index (χ1) is 13.7. The molecule has 0 bridgehead atoms. The molecular weight excluding hydrogens is 458 g/mol. The molecule has 3 rings (SSSR count). The summed E-state index contributed by atoms with van der Waals surface area (Å²) in [6.45, 7) is 3.57. The predicted molar refractivity (Wildman–Crippen MR) is 121 cm³/mol. The van der Waals surface area contributed by atoms with E-state index >= 15 is 0 Å². The molecule has 0 heterocycles. The highest BCUT2D eigenvalue weighted by Crippen LogP contribution is 2.40. The van der Waals surface area contributed by atoms with Crippen molar-refractivity contribution in [3.05, 3.63) is 57.6 Å². The first-order valence-electron chi connectivity index (χ1n) is 9.53. The Hall–Kier alpha value is -1.24. The fraction of sp³-hybridized carbons (Fsp3) is 0.364. The lowest BCUT2D eigenvalue weighted by atomic mass is 9.92. The molecule has 0 amide bonds. The number of fused-ring (bicyclic) bond motifs is 3. The van der Waals surface area contributed by atoms with Gasteiger partial charge in [-0.3, -0.25) is 0 Å². The molecule has 0 radical (unpaired) electrons. The number of aliphatic hydroxyl groups is 1. The van der Waals surface area contributed by atoms with Crippen LogP contribution in [0.3, 0.4) is 0 Å². The molecule has 0 aromatic heterocycles. The summed E-state index contributed by atoms with van der Waals surface area (Å²) in [5, 5.41) is 16.7. The average molecular weight is 481 g/mol. The Morgan fingerprint density at radius 1 is 0.967 bits per heavy atom. The van der Waals surface area contributed by atoms with E-state index in [9.17, 15) is 18.3 Å². The van der Waals surface area contributed by atoms with Crippen LogP contribution in [0.5, 0.6) is 0 Å². The van der Waals surface area contributed by atoms with Gasteiger partial charge in [0, 0.05) is 15.4 Å².